The van der Waals surface area contributed by atoms with Gasteiger partial charge in [0.05, 0.1) is 11.7 Å². The van der Waals surface area contributed by atoms with Gasteiger partial charge in [-0.15, -0.1) is 0 Å². The zero-order valence-electron chi connectivity index (χ0n) is 27.1. The minimum atomic E-state index is -1.32. The van der Waals surface area contributed by atoms with Crippen molar-refractivity contribution < 1.29 is 34.0 Å². The quantitative estimate of drug-likeness (QED) is 0.372. The SMILES string of the molecule is CNC(=O)OC1CC[C@]23C[C@]24CC[C@]2(C)[C@@H]5[C](O[C]([C@H](OC(C)=O)C(C)(C)O)C[C@H]5C)[C@H](O)[C@@]2(C)[C]4CC[C@H]3C1(C)C. The van der Waals surface area contributed by atoms with Crippen LogP contribution in [0.3, 0.4) is 0 Å². The second kappa shape index (κ2) is 9.32. The van der Waals surface area contributed by atoms with E-state index in [0.717, 1.165) is 44.9 Å². The summed E-state index contributed by atoms with van der Waals surface area (Å²) in [6.07, 6.45) is 6.91. The van der Waals surface area contributed by atoms with E-state index < -0.39 is 29.2 Å². The third-order valence-corrected chi connectivity index (χ3v) is 13.7. The van der Waals surface area contributed by atoms with Crippen LogP contribution in [0.2, 0.25) is 0 Å². The molecule has 1 heterocycles. The van der Waals surface area contributed by atoms with Crippen LogP contribution in [0.1, 0.15) is 107 Å². The second-order valence-electron chi connectivity index (χ2n) is 16.3. The number of rotatable bonds is 4. The Kier molecular flexibility index (Phi) is 6.80. The van der Waals surface area contributed by atoms with Gasteiger partial charge in [-0.25, -0.2) is 4.79 Å². The molecular weight excluding hydrogens is 534 g/mol. The number of fused-ring (bicyclic) bond motifs is 4. The van der Waals surface area contributed by atoms with E-state index >= 15 is 0 Å². The van der Waals surface area contributed by atoms with E-state index in [1.807, 2.05) is 0 Å². The zero-order chi connectivity index (χ0) is 30.8. The maximum atomic E-state index is 12.4. The molecule has 6 fully saturated rings. The van der Waals surface area contributed by atoms with Gasteiger partial charge in [0.15, 0.2) is 6.10 Å². The van der Waals surface area contributed by atoms with Gasteiger partial charge in [0.1, 0.15) is 18.3 Å². The fourth-order valence-electron chi connectivity index (χ4n) is 11.8. The van der Waals surface area contributed by atoms with Crippen molar-refractivity contribution in [3.05, 3.63) is 18.1 Å². The number of amides is 1. The van der Waals surface area contributed by atoms with E-state index in [1.165, 1.54) is 12.8 Å². The minimum Gasteiger partial charge on any atom is -0.456 e. The van der Waals surface area contributed by atoms with Crippen molar-refractivity contribution in [2.45, 2.75) is 131 Å². The first kappa shape index (κ1) is 30.6. The molecule has 1 unspecified atom stereocenters. The normalized spacial score (nSPS) is 47.2. The lowest BCUT2D eigenvalue weighted by Gasteiger charge is -2.63. The molecule has 2 spiro atoms. The summed E-state index contributed by atoms with van der Waals surface area (Å²) >= 11 is 0. The number of esters is 1. The molecule has 1 amide bonds. The molecule has 0 aromatic heterocycles. The van der Waals surface area contributed by atoms with Crippen molar-refractivity contribution in [2.24, 2.45) is 44.8 Å². The van der Waals surface area contributed by atoms with E-state index in [4.69, 9.17) is 14.2 Å². The summed E-state index contributed by atoms with van der Waals surface area (Å²) in [5.74, 6) is 1.77. The predicted molar refractivity (Wildman–Crippen MR) is 156 cm³/mol. The molecule has 5 aliphatic carbocycles. The first-order chi connectivity index (χ1) is 19.4. The maximum Gasteiger partial charge on any atom is 0.407 e. The summed E-state index contributed by atoms with van der Waals surface area (Å²) < 4.78 is 18.1. The third-order valence-electron chi connectivity index (χ3n) is 13.7. The highest BCUT2D eigenvalue weighted by molar-refractivity contribution is 5.67. The largest absolute Gasteiger partial charge is 0.456 e. The zero-order valence-corrected chi connectivity index (χ0v) is 27.1. The Hall–Kier alpha value is -1.38. The van der Waals surface area contributed by atoms with Gasteiger partial charge in [-0.05, 0) is 99.2 Å². The Balaban J connectivity index is 1.31. The van der Waals surface area contributed by atoms with Crippen LogP contribution in [0, 0.1) is 63.0 Å². The molecular formula is C34H52NO7. The van der Waals surface area contributed by atoms with Crippen molar-refractivity contribution in [2.75, 3.05) is 7.05 Å². The van der Waals surface area contributed by atoms with Crippen LogP contribution in [-0.4, -0.2) is 53.2 Å². The number of aliphatic hydroxyl groups excluding tert-OH is 1. The van der Waals surface area contributed by atoms with Crippen molar-refractivity contribution in [1.82, 2.24) is 5.32 Å². The highest BCUT2D eigenvalue weighted by Gasteiger charge is 2.85. The van der Waals surface area contributed by atoms with Crippen LogP contribution >= 0.6 is 0 Å². The number of nitrogens with one attached hydrogen (secondary N) is 1. The van der Waals surface area contributed by atoms with Gasteiger partial charge in [0.25, 0.3) is 0 Å². The van der Waals surface area contributed by atoms with Gasteiger partial charge in [0, 0.05) is 30.7 Å². The smallest absolute Gasteiger partial charge is 0.407 e. The number of ether oxygens (including phenoxy) is 3. The van der Waals surface area contributed by atoms with Crippen molar-refractivity contribution in [3.8, 4) is 0 Å². The summed E-state index contributed by atoms with van der Waals surface area (Å²) in [7, 11) is 1.62. The molecule has 8 nitrogen and oxygen atoms in total. The van der Waals surface area contributed by atoms with Gasteiger partial charge in [-0.3, -0.25) is 4.79 Å². The topological polar surface area (TPSA) is 114 Å². The molecule has 6 aliphatic rings. The molecule has 42 heavy (non-hydrogen) atoms. The van der Waals surface area contributed by atoms with E-state index in [2.05, 4.69) is 39.9 Å². The average molecular weight is 587 g/mol. The first-order valence-corrected chi connectivity index (χ1v) is 16.1. The Bertz CT molecular complexity index is 1130. The second-order valence-corrected chi connectivity index (χ2v) is 16.3. The average Bonchev–Trinajstić information content (AvgIpc) is 3.52. The van der Waals surface area contributed by atoms with Crippen LogP contribution < -0.4 is 5.32 Å². The van der Waals surface area contributed by atoms with Crippen LogP contribution in [0.15, 0.2) is 0 Å². The summed E-state index contributed by atoms with van der Waals surface area (Å²) in [5, 5.41) is 25.9. The maximum absolute atomic E-state index is 12.4. The fraction of sp³-hybridized carbons (Fsp3) is 0.853. The van der Waals surface area contributed by atoms with Gasteiger partial charge >= 0.3 is 12.1 Å². The van der Waals surface area contributed by atoms with Gasteiger partial charge in [-0.1, -0.05) is 34.6 Å². The van der Waals surface area contributed by atoms with E-state index in [1.54, 1.807) is 20.9 Å². The number of aliphatic hydroxyl groups is 2. The van der Waals surface area contributed by atoms with Crippen molar-refractivity contribution >= 4 is 12.1 Å². The van der Waals surface area contributed by atoms with E-state index in [9.17, 15) is 19.8 Å². The third kappa shape index (κ3) is 3.76. The Morgan fingerprint density at radius 2 is 1.81 bits per heavy atom. The molecule has 3 radical (unpaired) electrons. The summed E-state index contributed by atoms with van der Waals surface area (Å²) in [4.78, 5) is 24.2. The van der Waals surface area contributed by atoms with Crippen LogP contribution in [0.4, 0.5) is 4.79 Å². The Labute approximate surface area is 252 Å². The Morgan fingerprint density at radius 3 is 2.43 bits per heavy atom. The van der Waals surface area contributed by atoms with Gasteiger partial charge in [0.2, 0.25) is 0 Å². The fourth-order valence-corrected chi connectivity index (χ4v) is 11.8. The molecule has 0 aromatic rings. The van der Waals surface area contributed by atoms with E-state index in [-0.39, 0.29) is 45.7 Å². The molecule has 8 heteroatoms. The van der Waals surface area contributed by atoms with Crippen LogP contribution in [0.25, 0.3) is 0 Å². The highest BCUT2D eigenvalue weighted by atomic mass is 16.6. The predicted octanol–water partition coefficient (Wildman–Crippen LogP) is 5.51. The summed E-state index contributed by atoms with van der Waals surface area (Å²) in [5.41, 5.74) is -1.73. The number of carbonyl (C=O) groups is 2. The number of hydrogen-bond acceptors (Lipinski definition) is 7. The number of hydrogen-bond donors (Lipinski definition) is 3. The molecule has 0 bridgehead atoms. The molecule has 6 rings (SSSR count). The van der Waals surface area contributed by atoms with Crippen LogP contribution in [0.5, 0.6) is 0 Å². The summed E-state index contributed by atoms with van der Waals surface area (Å²) in [6.45, 7) is 16.1. The highest BCUT2D eigenvalue weighted by Crippen LogP contribution is 2.90. The monoisotopic (exact) mass is 586 g/mol. The first-order valence-electron chi connectivity index (χ1n) is 16.1. The Morgan fingerprint density at radius 1 is 1.12 bits per heavy atom. The van der Waals surface area contributed by atoms with Crippen molar-refractivity contribution in [3.63, 3.8) is 0 Å². The lowest BCUT2D eigenvalue weighted by atomic mass is 9.41. The molecule has 5 saturated carbocycles. The van der Waals surface area contributed by atoms with E-state index in [0.29, 0.717) is 24.5 Å². The molecule has 0 aromatic carbocycles. The number of alkyl carbamates (subject to hydrolysis) is 1. The minimum absolute atomic E-state index is 0.0754. The number of carbonyl (C=O) groups excluding carboxylic acids is 2. The van der Waals surface area contributed by atoms with Gasteiger partial charge < -0.3 is 29.7 Å². The molecule has 235 valence electrons. The van der Waals surface area contributed by atoms with Crippen molar-refractivity contribution in [1.29, 1.82) is 0 Å². The molecule has 10 atom stereocenters. The molecule has 1 aliphatic heterocycles. The molecule has 1 saturated heterocycles. The molecule has 3 N–H and O–H groups in total. The lowest BCUT2D eigenvalue weighted by molar-refractivity contribution is -0.171. The van der Waals surface area contributed by atoms with Crippen LogP contribution in [-0.2, 0) is 19.0 Å². The lowest BCUT2D eigenvalue weighted by Crippen LogP contribution is -2.59. The standard InChI is InChI=1S/C34H52NO7/c1-18-16-20(27(30(5,6)39)40-19(2)36)41-25-24(18)31(7)14-15-34-17-33(34)13-12-23(42-28(38)35-9)29(3,4)21(33)10-11-22(34)32(31,8)26(25)37/h18,21,23-24,26-27,37,39H,10-17H2,1-9H3,(H,35,38)/t18-,21+,23?,24+,26+,27+,31-,32-,33-,34+/m1/s1. The van der Waals surface area contributed by atoms with Gasteiger partial charge in [-0.2, -0.15) is 0 Å². The summed E-state index contributed by atoms with van der Waals surface area (Å²) in [6, 6.07) is 0.